The van der Waals surface area contributed by atoms with Gasteiger partial charge in [-0.3, -0.25) is 4.18 Å². The van der Waals surface area contributed by atoms with Gasteiger partial charge in [0, 0.05) is 23.7 Å². The SMILES string of the molecule is Cc1cc(N[C@@H]2C[C@H](COS(N)(=O)=O)[C@@H](O)[C@H]2O)n2nc(C)cc2n1. The van der Waals surface area contributed by atoms with Crippen molar-refractivity contribution in [3.8, 4) is 0 Å². The maximum atomic E-state index is 10.9. The van der Waals surface area contributed by atoms with Gasteiger partial charge >= 0.3 is 10.3 Å². The summed E-state index contributed by atoms with van der Waals surface area (Å²) in [6, 6.07) is 3.12. The summed E-state index contributed by atoms with van der Waals surface area (Å²) in [7, 11) is -4.10. The highest BCUT2D eigenvalue weighted by Crippen LogP contribution is 2.30. The second-order valence-corrected chi connectivity index (χ2v) is 7.56. The van der Waals surface area contributed by atoms with Crippen molar-refractivity contribution in [3.05, 3.63) is 23.5 Å². The number of aryl methyl sites for hydroxylation is 2. The molecule has 1 saturated carbocycles. The third-order valence-electron chi connectivity index (χ3n) is 4.26. The molecule has 0 radical (unpaired) electrons. The van der Waals surface area contributed by atoms with Gasteiger partial charge in [-0.25, -0.2) is 10.1 Å². The lowest BCUT2D eigenvalue weighted by atomic mass is 10.1. The van der Waals surface area contributed by atoms with Crippen LogP contribution in [-0.2, 0) is 14.5 Å². The van der Waals surface area contributed by atoms with Crippen LogP contribution in [0.3, 0.4) is 0 Å². The van der Waals surface area contributed by atoms with E-state index in [4.69, 9.17) is 5.14 Å². The van der Waals surface area contributed by atoms with Crippen LogP contribution < -0.4 is 10.5 Å². The smallest absolute Gasteiger partial charge is 0.333 e. The van der Waals surface area contributed by atoms with E-state index in [2.05, 4.69) is 19.6 Å². The van der Waals surface area contributed by atoms with E-state index in [0.717, 1.165) is 11.4 Å². The van der Waals surface area contributed by atoms with Crippen molar-refractivity contribution >= 4 is 21.8 Å². The Balaban J connectivity index is 1.79. The minimum absolute atomic E-state index is 0.291. The van der Waals surface area contributed by atoms with Crippen molar-refractivity contribution in [1.82, 2.24) is 14.6 Å². The molecule has 1 aliphatic rings. The molecule has 25 heavy (non-hydrogen) atoms. The van der Waals surface area contributed by atoms with Crippen LogP contribution in [0.15, 0.2) is 12.1 Å². The van der Waals surface area contributed by atoms with Crippen molar-refractivity contribution in [1.29, 1.82) is 0 Å². The van der Waals surface area contributed by atoms with Crippen molar-refractivity contribution in [3.63, 3.8) is 0 Å². The Hall–Kier alpha value is -1.79. The number of anilines is 1. The molecule has 2 aromatic heterocycles. The van der Waals surface area contributed by atoms with Crippen molar-refractivity contribution in [2.45, 2.75) is 38.5 Å². The number of aliphatic hydroxyl groups is 2. The lowest BCUT2D eigenvalue weighted by Gasteiger charge is -2.19. The molecule has 1 aliphatic carbocycles. The number of nitrogens with zero attached hydrogens (tertiary/aromatic N) is 3. The predicted octanol–water partition coefficient (Wildman–Crippen LogP) is -0.912. The van der Waals surface area contributed by atoms with E-state index < -0.39 is 34.5 Å². The molecule has 0 bridgehead atoms. The largest absolute Gasteiger partial charge is 0.390 e. The summed E-state index contributed by atoms with van der Waals surface area (Å²) >= 11 is 0. The van der Waals surface area contributed by atoms with Crippen LogP contribution in [0.5, 0.6) is 0 Å². The third kappa shape index (κ3) is 3.90. The molecule has 0 amide bonds. The fourth-order valence-electron chi connectivity index (χ4n) is 3.12. The predicted molar refractivity (Wildman–Crippen MR) is 89.1 cm³/mol. The van der Waals surface area contributed by atoms with Crippen molar-refractivity contribution < 1.29 is 22.8 Å². The van der Waals surface area contributed by atoms with Gasteiger partial charge in [-0.15, -0.1) is 0 Å². The molecule has 11 heteroatoms. The van der Waals surface area contributed by atoms with Gasteiger partial charge in [0.05, 0.1) is 24.4 Å². The van der Waals surface area contributed by atoms with Crippen molar-refractivity contribution in [2.75, 3.05) is 11.9 Å². The number of rotatable bonds is 5. The number of aliphatic hydroxyl groups excluding tert-OH is 2. The molecule has 138 valence electrons. The normalized spacial score (nSPS) is 27.1. The van der Waals surface area contributed by atoms with Crippen LogP contribution in [0, 0.1) is 19.8 Å². The van der Waals surface area contributed by atoms with Gasteiger partial charge in [-0.2, -0.15) is 18.0 Å². The van der Waals surface area contributed by atoms with Gasteiger partial charge in [-0.05, 0) is 20.3 Å². The van der Waals surface area contributed by atoms with E-state index in [9.17, 15) is 18.6 Å². The Morgan fingerprint density at radius 1 is 1.32 bits per heavy atom. The zero-order valence-electron chi connectivity index (χ0n) is 13.8. The minimum atomic E-state index is -4.10. The monoisotopic (exact) mass is 371 g/mol. The van der Waals surface area contributed by atoms with Crippen LogP contribution in [0.25, 0.3) is 5.65 Å². The summed E-state index contributed by atoms with van der Waals surface area (Å²) in [5.41, 5.74) is 2.24. The van der Waals surface area contributed by atoms with Gasteiger partial charge in [-0.1, -0.05) is 0 Å². The summed E-state index contributed by atoms with van der Waals surface area (Å²) < 4.78 is 28.0. The zero-order valence-corrected chi connectivity index (χ0v) is 14.6. The van der Waals surface area contributed by atoms with E-state index in [1.165, 1.54) is 0 Å². The fraction of sp³-hybridized carbons (Fsp3) is 0.571. The van der Waals surface area contributed by atoms with E-state index in [1.54, 1.807) is 10.6 Å². The van der Waals surface area contributed by atoms with Crippen LogP contribution in [0.2, 0.25) is 0 Å². The van der Waals surface area contributed by atoms with Crippen molar-refractivity contribution in [2.24, 2.45) is 11.1 Å². The topological polar surface area (TPSA) is 152 Å². The molecule has 10 nitrogen and oxygen atoms in total. The Labute approximate surface area is 144 Å². The molecular weight excluding hydrogens is 350 g/mol. The molecule has 0 aliphatic heterocycles. The fourth-order valence-corrected chi connectivity index (χ4v) is 3.49. The lowest BCUT2D eigenvalue weighted by Crippen LogP contribution is -2.36. The van der Waals surface area contributed by atoms with Crippen LogP contribution >= 0.6 is 0 Å². The summed E-state index contributed by atoms with van der Waals surface area (Å²) in [4.78, 5) is 4.39. The Morgan fingerprint density at radius 2 is 2.04 bits per heavy atom. The maximum Gasteiger partial charge on any atom is 0.333 e. The summed E-state index contributed by atoms with van der Waals surface area (Å²) in [5.74, 6) is 0.0588. The van der Waals surface area contributed by atoms with Gasteiger partial charge in [0.25, 0.3) is 0 Å². The molecular formula is C14H21N5O5S. The second-order valence-electron chi connectivity index (χ2n) is 6.34. The molecule has 0 unspecified atom stereocenters. The number of nitrogens with two attached hydrogens (primary N) is 1. The highest BCUT2D eigenvalue weighted by Gasteiger charge is 2.42. The van der Waals surface area contributed by atoms with Gasteiger partial charge < -0.3 is 15.5 Å². The summed E-state index contributed by atoms with van der Waals surface area (Å²) in [6.07, 6.45) is -1.91. The maximum absolute atomic E-state index is 10.9. The highest BCUT2D eigenvalue weighted by molar-refractivity contribution is 7.84. The van der Waals surface area contributed by atoms with E-state index >= 15 is 0 Å². The van der Waals surface area contributed by atoms with E-state index in [1.807, 2.05) is 19.9 Å². The number of fused-ring (bicyclic) bond motifs is 1. The quantitative estimate of drug-likeness (QED) is 0.527. The average Bonchev–Trinajstić information content (AvgIpc) is 2.99. The first kappa shape index (κ1) is 18.0. The molecule has 5 N–H and O–H groups in total. The number of hydrogen-bond donors (Lipinski definition) is 4. The minimum Gasteiger partial charge on any atom is -0.390 e. The molecule has 4 atom stereocenters. The van der Waals surface area contributed by atoms with E-state index in [0.29, 0.717) is 17.9 Å². The van der Waals surface area contributed by atoms with Gasteiger partial charge in [0.2, 0.25) is 0 Å². The highest BCUT2D eigenvalue weighted by atomic mass is 32.2. The third-order valence-corrected chi connectivity index (χ3v) is 4.72. The Morgan fingerprint density at radius 3 is 2.72 bits per heavy atom. The Kier molecular flexibility index (Phi) is 4.68. The van der Waals surface area contributed by atoms with Gasteiger partial charge in [0.1, 0.15) is 11.9 Å². The average molecular weight is 371 g/mol. The molecule has 0 aromatic carbocycles. The number of aromatic nitrogens is 3. The number of nitrogens with one attached hydrogen (secondary N) is 1. The summed E-state index contributed by atoms with van der Waals surface area (Å²) in [5, 5.41) is 32.7. The van der Waals surface area contributed by atoms with Crippen LogP contribution in [-0.4, -0.2) is 58.1 Å². The number of hydrogen-bond acceptors (Lipinski definition) is 8. The second kappa shape index (κ2) is 6.50. The Bertz CT molecular complexity index is 883. The summed E-state index contributed by atoms with van der Waals surface area (Å²) in [6.45, 7) is 3.40. The first-order valence-corrected chi connectivity index (χ1v) is 9.25. The van der Waals surface area contributed by atoms with Crippen LogP contribution in [0.4, 0.5) is 5.82 Å². The van der Waals surface area contributed by atoms with Crippen LogP contribution in [0.1, 0.15) is 17.8 Å². The van der Waals surface area contributed by atoms with Gasteiger partial charge in [0.15, 0.2) is 5.65 Å². The first-order chi connectivity index (χ1) is 11.6. The molecule has 2 aromatic rings. The first-order valence-electron chi connectivity index (χ1n) is 7.78. The molecule has 1 fully saturated rings. The molecule has 0 saturated heterocycles. The molecule has 3 rings (SSSR count). The van der Waals surface area contributed by atoms with E-state index in [-0.39, 0.29) is 6.61 Å². The molecule has 2 heterocycles. The lowest BCUT2D eigenvalue weighted by molar-refractivity contribution is 0.00777. The molecule has 0 spiro atoms. The standard InChI is InChI=1S/C14H21N5O5S/c1-7-3-12(19-11(16-7)4-8(2)18-19)17-10-5-9(13(20)14(10)21)6-24-25(15,22)23/h3-4,9-10,13-14,17,20-21H,5-6H2,1-2H3,(H2,15,22,23)/t9-,10-,13-,14+/m1/s1. The zero-order chi connectivity index (χ0) is 18.4.